The van der Waals surface area contributed by atoms with Crippen molar-refractivity contribution in [2.45, 2.75) is 32.9 Å². The van der Waals surface area contributed by atoms with E-state index in [1.807, 2.05) is 38.1 Å². The number of benzene rings is 1. The highest BCUT2D eigenvalue weighted by Gasteiger charge is 2.22. The van der Waals surface area contributed by atoms with Gasteiger partial charge in [-0.15, -0.1) is 0 Å². The highest BCUT2D eigenvalue weighted by atomic mass is 79.9. The summed E-state index contributed by atoms with van der Waals surface area (Å²) in [6, 6.07) is 7.55. The summed E-state index contributed by atoms with van der Waals surface area (Å²) < 4.78 is 1.04. The minimum atomic E-state index is -0.407. The average molecular weight is 313 g/mol. The van der Waals surface area contributed by atoms with E-state index in [4.69, 9.17) is 5.73 Å². The lowest BCUT2D eigenvalue weighted by molar-refractivity contribution is -0.132. The van der Waals surface area contributed by atoms with E-state index in [9.17, 15) is 4.79 Å². The molecule has 1 aromatic carbocycles. The molecule has 0 fully saturated rings. The van der Waals surface area contributed by atoms with Gasteiger partial charge in [0.05, 0.1) is 6.04 Å². The molecule has 2 atom stereocenters. The number of likely N-dealkylation sites (N-methyl/N-ethyl adjacent to an activating group) is 1. The SMILES string of the molecule is CCC(C)C(N)C(=O)N(C)Cc1ccc(Br)cc1. The Labute approximate surface area is 117 Å². The highest BCUT2D eigenvalue weighted by Crippen LogP contribution is 2.13. The molecule has 2 N–H and O–H groups in total. The van der Waals surface area contributed by atoms with E-state index in [0.717, 1.165) is 16.5 Å². The fourth-order valence-electron chi connectivity index (χ4n) is 1.69. The monoisotopic (exact) mass is 312 g/mol. The maximum Gasteiger partial charge on any atom is 0.239 e. The van der Waals surface area contributed by atoms with Crippen LogP contribution in [0.4, 0.5) is 0 Å². The summed E-state index contributed by atoms with van der Waals surface area (Å²) in [4.78, 5) is 13.8. The van der Waals surface area contributed by atoms with Crippen molar-refractivity contribution in [2.75, 3.05) is 7.05 Å². The van der Waals surface area contributed by atoms with Crippen molar-refractivity contribution < 1.29 is 4.79 Å². The molecule has 1 aromatic rings. The van der Waals surface area contributed by atoms with Crippen LogP contribution in [0.15, 0.2) is 28.7 Å². The van der Waals surface area contributed by atoms with Gasteiger partial charge in [0.1, 0.15) is 0 Å². The molecule has 0 radical (unpaired) electrons. The largest absolute Gasteiger partial charge is 0.340 e. The van der Waals surface area contributed by atoms with Crippen LogP contribution in [0.25, 0.3) is 0 Å². The third kappa shape index (κ3) is 4.10. The molecule has 0 heterocycles. The van der Waals surface area contributed by atoms with Gasteiger partial charge in [-0.3, -0.25) is 4.79 Å². The van der Waals surface area contributed by atoms with Crippen molar-refractivity contribution in [1.82, 2.24) is 4.90 Å². The second-order valence-corrected chi connectivity index (χ2v) is 5.65. The van der Waals surface area contributed by atoms with E-state index in [-0.39, 0.29) is 11.8 Å². The van der Waals surface area contributed by atoms with Gasteiger partial charge >= 0.3 is 0 Å². The molecule has 18 heavy (non-hydrogen) atoms. The molecule has 0 aliphatic carbocycles. The number of carbonyl (C=O) groups excluding carboxylic acids is 1. The Bertz CT molecular complexity index is 391. The molecule has 0 bridgehead atoms. The molecule has 0 aliphatic heterocycles. The summed E-state index contributed by atoms with van der Waals surface area (Å²) >= 11 is 3.39. The molecule has 100 valence electrons. The third-order valence-corrected chi connectivity index (χ3v) is 3.78. The number of rotatable bonds is 5. The predicted molar refractivity (Wildman–Crippen MR) is 78.0 cm³/mol. The molecule has 1 amide bonds. The summed E-state index contributed by atoms with van der Waals surface area (Å²) in [6.45, 7) is 4.65. The van der Waals surface area contributed by atoms with Gasteiger partial charge in [0, 0.05) is 18.1 Å². The maximum absolute atomic E-state index is 12.1. The fourth-order valence-corrected chi connectivity index (χ4v) is 1.96. The second-order valence-electron chi connectivity index (χ2n) is 4.73. The zero-order valence-electron chi connectivity index (χ0n) is 11.2. The molecule has 0 aromatic heterocycles. The van der Waals surface area contributed by atoms with Gasteiger partial charge in [0.25, 0.3) is 0 Å². The Hall–Kier alpha value is -0.870. The lowest BCUT2D eigenvalue weighted by atomic mass is 9.99. The molecule has 0 saturated heterocycles. The number of nitrogens with two attached hydrogens (primary N) is 1. The standard InChI is InChI=1S/C14H21BrN2O/c1-4-10(2)13(16)14(18)17(3)9-11-5-7-12(15)8-6-11/h5-8,10,13H,4,9,16H2,1-3H3. The molecular weight excluding hydrogens is 292 g/mol. The number of carbonyl (C=O) groups is 1. The quantitative estimate of drug-likeness (QED) is 0.908. The first-order valence-electron chi connectivity index (χ1n) is 6.20. The molecule has 0 spiro atoms. The highest BCUT2D eigenvalue weighted by molar-refractivity contribution is 9.10. The van der Waals surface area contributed by atoms with Crippen LogP contribution in [0.2, 0.25) is 0 Å². The lowest BCUT2D eigenvalue weighted by Crippen LogP contribution is -2.45. The summed E-state index contributed by atoms with van der Waals surface area (Å²) in [5.74, 6) is 0.220. The molecule has 4 heteroatoms. The minimum absolute atomic E-state index is 0.00673. The summed E-state index contributed by atoms with van der Waals surface area (Å²) in [7, 11) is 1.80. The maximum atomic E-state index is 12.1. The van der Waals surface area contributed by atoms with Gasteiger partial charge in [-0.1, -0.05) is 48.3 Å². The summed E-state index contributed by atoms with van der Waals surface area (Å²) in [5.41, 5.74) is 7.05. The molecular formula is C14H21BrN2O. The van der Waals surface area contributed by atoms with E-state index in [1.165, 1.54) is 0 Å². The Morgan fingerprint density at radius 3 is 2.44 bits per heavy atom. The molecule has 3 nitrogen and oxygen atoms in total. The lowest BCUT2D eigenvalue weighted by Gasteiger charge is -2.24. The molecule has 2 unspecified atom stereocenters. The van der Waals surface area contributed by atoms with Gasteiger partial charge in [-0.25, -0.2) is 0 Å². The second kappa shape index (κ2) is 6.90. The van der Waals surface area contributed by atoms with Crippen molar-refractivity contribution in [3.8, 4) is 0 Å². The number of halogens is 1. The van der Waals surface area contributed by atoms with Crippen LogP contribution >= 0.6 is 15.9 Å². The van der Waals surface area contributed by atoms with Crippen LogP contribution in [0.1, 0.15) is 25.8 Å². The summed E-state index contributed by atoms with van der Waals surface area (Å²) in [6.07, 6.45) is 0.916. The zero-order chi connectivity index (χ0) is 13.7. The van der Waals surface area contributed by atoms with Crippen molar-refractivity contribution >= 4 is 21.8 Å². The van der Waals surface area contributed by atoms with Crippen LogP contribution in [-0.4, -0.2) is 23.9 Å². The number of hydrogen-bond acceptors (Lipinski definition) is 2. The van der Waals surface area contributed by atoms with Crippen molar-refractivity contribution in [2.24, 2.45) is 11.7 Å². The van der Waals surface area contributed by atoms with Gasteiger partial charge < -0.3 is 10.6 Å². The van der Waals surface area contributed by atoms with Gasteiger partial charge in [0.2, 0.25) is 5.91 Å². The molecule has 1 rings (SSSR count). The molecule has 0 aliphatic rings. The first kappa shape index (κ1) is 15.2. The Balaban J connectivity index is 2.62. The number of amides is 1. The van der Waals surface area contributed by atoms with E-state index < -0.39 is 6.04 Å². The Morgan fingerprint density at radius 1 is 1.39 bits per heavy atom. The Morgan fingerprint density at radius 2 is 1.94 bits per heavy atom. The average Bonchev–Trinajstić information content (AvgIpc) is 2.38. The van der Waals surface area contributed by atoms with Crippen LogP contribution in [0.3, 0.4) is 0 Å². The topological polar surface area (TPSA) is 46.3 Å². The van der Waals surface area contributed by atoms with Crippen LogP contribution < -0.4 is 5.73 Å². The van der Waals surface area contributed by atoms with Gasteiger partial charge in [0.15, 0.2) is 0 Å². The third-order valence-electron chi connectivity index (χ3n) is 3.25. The van der Waals surface area contributed by atoms with Crippen molar-refractivity contribution in [3.63, 3.8) is 0 Å². The van der Waals surface area contributed by atoms with Crippen LogP contribution in [-0.2, 0) is 11.3 Å². The van der Waals surface area contributed by atoms with E-state index in [2.05, 4.69) is 15.9 Å². The van der Waals surface area contributed by atoms with E-state index in [1.54, 1.807) is 11.9 Å². The van der Waals surface area contributed by atoms with E-state index >= 15 is 0 Å². The summed E-state index contributed by atoms with van der Waals surface area (Å²) in [5, 5.41) is 0. The zero-order valence-corrected chi connectivity index (χ0v) is 12.8. The molecule has 0 saturated carbocycles. The fraction of sp³-hybridized carbons (Fsp3) is 0.500. The number of hydrogen-bond donors (Lipinski definition) is 1. The first-order chi connectivity index (χ1) is 8.45. The predicted octanol–water partition coefficient (Wildman–Crippen LogP) is 2.78. The Kier molecular flexibility index (Phi) is 5.82. The van der Waals surface area contributed by atoms with Crippen LogP contribution in [0.5, 0.6) is 0 Å². The normalized spacial score (nSPS) is 14.1. The minimum Gasteiger partial charge on any atom is -0.340 e. The van der Waals surface area contributed by atoms with Gasteiger partial charge in [-0.2, -0.15) is 0 Å². The smallest absolute Gasteiger partial charge is 0.239 e. The van der Waals surface area contributed by atoms with Crippen molar-refractivity contribution in [1.29, 1.82) is 0 Å². The van der Waals surface area contributed by atoms with Gasteiger partial charge in [-0.05, 0) is 23.6 Å². The number of nitrogens with zero attached hydrogens (tertiary/aromatic N) is 1. The van der Waals surface area contributed by atoms with Crippen molar-refractivity contribution in [3.05, 3.63) is 34.3 Å². The van der Waals surface area contributed by atoms with E-state index in [0.29, 0.717) is 6.54 Å². The first-order valence-corrected chi connectivity index (χ1v) is 7.00. The van der Waals surface area contributed by atoms with Crippen LogP contribution in [0, 0.1) is 5.92 Å².